The van der Waals surface area contributed by atoms with Crippen molar-refractivity contribution in [3.05, 3.63) is 89.0 Å². The number of nitrogens with one attached hydrogen (secondary N) is 2. The lowest BCUT2D eigenvalue weighted by molar-refractivity contribution is 0.0946. The molecule has 1 aromatic carbocycles. The van der Waals surface area contributed by atoms with Crippen LogP contribution in [-0.2, 0) is 13.1 Å². The van der Waals surface area contributed by atoms with Gasteiger partial charge in [-0.1, -0.05) is 35.9 Å². The highest BCUT2D eigenvalue weighted by Gasteiger charge is 2.09. The number of aromatic nitrogens is 2. The smallest absolute Gasteiger partial charge is 0.270 e. The van der Waals surface area contributed by atoms with Crippen LogP contribution in [0.25, 0.3) is 0 Å². The van der Waals surface area contributed by atoms with Gasteiger partial charge in [-0.3, -0.25) is 14.8 Å². The first-order valence-corrected chi connectivity index (χ1v) is 8.20. The summed E-state index contributed by atoms with van der Waals surface area (Å²) in [6.45, 7) is 0.978. The van der Waals surface area contributed by atoms with Crippen molar-refractivity contribution in [1.29, 1.82) is 0 Å². The Labute approximate surface area is 151 Å². The molecule has 0 spiro atoms. The molecule has 25 heavy (non-hydrogen) atoms. The summed E-state index contributed by atoms with van der Waals surface area (Å²) >= 11 is 6.10. The molecule has 3 aromatic rings. The van der Waals surface area contributed by atoms with E-state index < -0.39 is 0 Å². The highest BCUT2D eigenvalue weighted by molar-refractivity contribution is 6.31. The van der Waals surface area contributed by atoms with Crippen molar-refractivity contribution in [1.82, 2.24) is 15.3 Å². The molecule has 0 aliphatic carbocycles. The van der Waals surface area contributed by atoms with Gasteiger partial charge in [0.1, 0.15) is 5.69 Å². The second-order valence-corrected chi connectivity index (χ2v) is 5.83. The van der Waals surface area contributed by atoms with Gasteiger partial charge in [-0.15, -0.1) is 0 Å². The Morgan fingerprint density at radius 2 is 1.92 bits per heavy atom. The van der Waals surface area contributed by atoms with Crippen molar-refractivity contribution in [2.45, 2.75) is 13.1 Å². The summed E-state index contributed by atoms with van der Waals surface area (Å²) < 4.78 is 0. The van der Waals surface area contributed by atoms with Crippen LogP contribution in [0.2, 0.25) is 5.02 Å². The molecule has 0 fully saturated rings. The Morgan fingerprint density at radius 3 is 2.72 bits per heavy atom. The van der Waals surface area contributed by atoms with Crippen molar-refractivity contribution >= 4 is 23.2 Å². The lowest BCUT2D eigenvalue weighted by Crippen LogP contribution is -2.24. The minimum atomic E-state index is -0.245. The van der Waals surface area contributed by atoms with Crippen LogP contribution in [0.3, 0.4) is 0 Å². The SMILES string of the molecule is O=C(NCc1ccccc1Cl)c1cc(NCc2cccnc2)ccn1. The van der Waals surface area contributed by atoms with Gasteiger partial charge in [-0.05, 0) is 35.4 Å². The molecular weight excluding hydrogens is 336 g/mol. The monoisotopic (exact) mass is 352 g/mol. The van der Waals surface area contributed by atoms with Crippen molar-refractivity contribution in [2.75, 3.05) is 5.32 Å². The zero-order valence-corrected chi connectivity index (χ0v) is 14.2. The summed E-state index contributed by atoms with van der Waals surface area (Å²) in [5.74, 6) is -0.245. The largest absolute Gasteiger partial charge is 0.381 e. The molecule has 0 radical (unpaired) electrons. The molecule has 126 valence electrons. The van der Waals surface area contributed by atoms with E-state index in [2.05, 4.69) is 20.6 Å². The first-order chi connectivity index (χ1) is 12.2. The van der Waals surface area contributed by atoms with E-state index in [1.165, 1.54) is 0 Å². The number of carbonyl (C=O) groups is 1. The number of benzene rings is 1. The van der Waals surface area contributed by atoms with Gasteiger partial charge in [-0.2, -0.15) is 0 Å². The number of amides is 1. The lowest BCUT2D eigenvalue weighted by Gasteiger charge is -2.09. The molecule has 2 aromatic heterocycles. The van der Waals surface area contributed by atoms with Crippen LogP contribution in [-0.4, -0.2) is 15.9 Å². The summed E-state index contributed by atoms with van der Waals surface area (Å²) in [7, 11) is 0. The van der Waals surface area contributed by atoms with E-state index in [-0.39, 0.29) is 5.91 Å². The molecule has 0 saturated heterocycles. The van der Waals surface area contributed by atoms with E-state index in [1.54, 1.807) is 30.7 Å². The normalized spacial score (nSPS) is 10.3. The molecule has 0 aliphatic rings. The Morgan fingerprint density at radius 1 is 1.04 bits per heavy atom. The highest BCUT2D eigenvalue weighted by atomic mass is 35.5. The van der Waals surface area contributed by atoms with E-state index in [9.17, 15) is 4.79 Å². The molecule has 0 atom stereocenters. The molecule has 6 heteroatoms. The van der Waals surface area contributed by atoms with Crippen LogP contribution in [0.4, 0.5) is 5.69 Å². The van der Waals surface area contributed by atoms with Gasteiger partial charge < -0.3 is 10.6 Å². The third-order valence-electron chi connectivity index (χ3n) is 3.61. The van der Waals surface area contributed by atoms with Crippen LogP contribution in [0.1, 0.15) is 21.6 Å². The standard InChI is InChI=1S/C19H17ClN4O/c20-17-6-2-1-5-15(17)13-24-19(25)18-10-16(7-9-22-18)23-12-14-4-3-8-21-11-14/h1-11H,12-13H2,(H,22,23)(H,24,25). The molecule has 0 aliphatic heterocycles. The number of carbonyl (C=O) groups excluding carboxylic acids is 1. The molecule has 5 nitrogen and oxygen atoms in total. The van der Waals surface area contributed by atoms with Gasteiger partial charge in [0.05, 0.1) is 0 Å². The number of hydrogen-bond donors (Lipinski definition) is 2. The zero-order valence-electron chi connectivity index (χ0n) is 13.4. The van der Waals surface area contributed by atoms with E-state index in [0.717, 1.165) is 16.8 Å². The summed E-state index contributed by atoms with van der Waals surface area (Å²) in [6.07, 6.45) is 5.14. The maximum Gasteiger partial charge on any atom is 0.270 e. The minimum absolute atomic E-state index is 0.245. The lowest BCUT2D eigenvalue weighted by atomic mass is 10.2. The summed E-state index contributed by atoms with van der Waals surface area (Å²) in [6, 6.07) is 14.8. The summed E-state index contributed by atoms with van der Waals surface area (Å²) in [5.41, 5.74) is 3.09. The number of hydrogen-bond acceptors (Lipinski definition) is 4. The third-order valence-corrected chi connectivity index (χ3v) is 3.98. The fourth-order valence-corrected chi connectivity index (χ4v) is 2.48. The summed E-state index contributed by atoms with van der Waals surface area (Å²) in [5, 5.41) is 6.72. The van der Waals surface area contributed by atoms with Crippen LogP contribution in [0.15, 0.2) is 67.1 Å². The maximum absolute atomic E-state index is 12.3. The van der Waals surface area contributed by atoms with Crippen LogP contribution >= 0.6 is 11.6 Å². The Hall–Kier alpha value is -2.92. The minimum Gasteiger partial charge on any atom is -0.381 e. The number of pyridine rings is 2. The molecule has 3 rings (SSSR count). The average Bonchev–Trinajstić information content (AvgIpc) is 2.66. The third kappa shape index (κ3) is 4.78. The van der Waals surface area contributed by atoms with E-state index >= 15 is 0 Å². The van der Waals surface area contributed by atoms with Crippen LogP contribution in [0.5, 0.6) is 0 Å². The second kappa shape index (κ2) is 8.26. The van der Waals surface area contributed by atoms with Crippen molar-refractivity contribution < 1.29 is 4.79 Å². The fourth-order valence-electron chi connectivity index (χ4n) is 2.28. The molecule has 2 heterocycles. The predicted molar refractivity (Wildman–Crippen MR) is 98.4 cm³/mol. The van der Waals surface area contributed by atoms with Gasteiger partial charge in [0.25, 0.3) is 5.91 Å². The number of halogens is 1. The van der Waals surface area contributed by atoms with E-state index in [4.69, 9.17) is 11.6 Å². The van der Waals surface area contributed by atoms with Crippen molar-refractivity contribution in [3.63, 3.8) is 0 Å². The maximum atomic E-state index is 12.3. The van der Waals surface area contributed by atoms with Gasteiger partial charge >= 0.3 is 0 Å². The number of nitrogens with zero attached hydrogens (tertiary/aromatic N) is 2. The van der Waals surface area contributed by atoms with Gasteiger partial charge in [-0.25, -0.2) is 0 Å². The zero-order chi connectivity index (χ0) is 17.5. The average molecular weight is 353 g/mol. The molecule has 0 saturated carbocycles. The first-order valence-electron chi connectivity index (χ1n) is 7.83. The van der Waals surface area contributed by atoms with Crippen molar-refractivity contribution in [3.8, 4) is 0 Å². The predicted octanol–water partition coefficient (Wildman–Crippen LogP) is 3.67. The van der Waals surface area contributed by atoms with Crippen molar-refractivity contribution in [2.24, 2.45) is 0 Å². The Balaban J connectivity index is 1.60. The molecule has 0 bridgehead atoms. The number of anilines is 1. The first kappa shape index (κ1) is 16.9. The van der Waals surface area contributed by atoms with Gasteiger partial charge in [0, 0.05) is 42.4 Å². The van der Waals surface area contributed by atoms with E-state index in [0.29, 0.717) is 23.8 Å². The topological polar surface area (TPSA) is 66.9 Å². The number of rotatable bonds is 6. The molecular formula is C19H17ClN4O. The fraction of sp³-hybridized carbons (Fsp3) is 0.105. The second-order valence-electron chi connectivity index (χ2n) is 5.42. The molecule has 2 N–H and O–H groups in total. The van der Waals surface area contributed by atoms with Crippen LogP contribution in [0, 0.1) is 0 Å². The Kier molecular flexibility index (Phi) is 5.59. The molecule has 1 amide bonds. The Bertz CT molecular complexity index is 855. The van der Waals surface area contributed by atoms with Gasteiger partial charge in [0.2, 0.25) is 0 Å². The highest BCUT2D eigenvalue weighted by Crippen LogP contribution is 2.15. The summed E-state index contributed by atoms with van der Waals surface area (Å²) in [4.78, 5) is 20.5. The van der Waals surface area contributed by atoms with Crippen LogP contribution < -0.4 is 10.6 Å². The quantitative estimate of drug-likeness (QED) is 0.710. The van der Waals surface area contributed by atoms with E-state index in [1.807, 2.05) is 36.4 Å². The molecule has 0 unspecified atom stereocenters. The van der Waals surface area contributed by atoms with Gasteiger partial charge in [0.15, 0.2) is 0 Å².